The average Bonchev–Trinajstić information content (AvgIpc) is 2.38. The summed E-state index contributed by atoms with van der Waals surface area (Å²) in [5.74, 6) is -0.935. The third-order valence-electron chi connectivity index (χ3n) is 2.81. The lowest BCUT2D eigenvalue weighted by molar-refractivity contribution is -0.140. The van der Waals surface area contributed by atoms with Crippen molar-refractivity contribution in [3.8, 4) is 5.75 Å². The SMILES string of the molecule is COc1ccccc1CCNC(=O)C(C)CC(=O)O. The van der Waals surface area contributed by atoms with E-state index in [0.29, 0.717) is 13.0 Å². The minimum atomic E-state index is -0.965. The van der Waals surface area contributed by atoms with Gasteiger partial charge in [0.2, 0.25) is 5.91 Å². The highest BCUT2D eigenvalue weighted by Crippen LogP contribution is 2.17. The van der Waals surface area contributed by atoms with E-state index in [-0.39, 0.29) is 12.3 Å². The van der Waals surface area contributed by atoms with Crippen LogP contribution in [0.15, 0.2) is 24.3 Å². The molecular formula is C14H19NO4. The smallest absolute Gasteiger partial charge is 0.304 e. The van der Waals surface area contributed by atoms with Crippen LogP contribution in [0.1, 0.15) is 18.9 Å². The summed E-state index contributed by atoms with van der Waals surface area (Å²) in [6.07, 6.45) is 0.496. The number of carbonyl (C=O) groups is 2. The number of carboxylic acids is 1. The van der Waals surface area contributed by atoms with E-state index in [2.05, 4.69) is 5.32 Å². The number of hydrogen-bond acceptors (Lipinski definition) is 3. The number of aliphatic carboxylic acids is 1. The highest BCUT2D eigenvalue weighted by molar-refractivity contribution is 5.82. The molecule has 5 nitrogen and oxygen atoms in total. The van der Waals surface area contributed by atoms with E-state index in [1.165, 1.54) is 0 Å². The van der Waals surface area contributed by atoms with E-state index in [4.69, 9.17) is 9.84 Å². The van der Waals surface area contributed by atoms with Crippen molar-refractivity contribution in [1.29, 1.82) is 0 Å². The van der Waals surface area contributed by atoms with Crippen molar-refractivity contribution in [3.63, 3.8) is 0 Å². The summed E-state index contributed by atoms with van der Waals surface area (Å²) in [5, 5.41) is 11.3. The minimum absolute atomic E-state index is 0.152. The lowest BCUT2D eigenvalue weighted by Gasteiger charge is -2.11. The zero-order chi connectivity index (χ0) is 14.3. The van der Waals surface area contributed by atoms with Crippen LogP contribution >= 0.6 is 0 Å². The first kappa shape index (κ1) is 15.0. The number of hydrogen-bond donors (Lipinski definition) is 2. The lowest BCUT2D eigenvalue weighted by atomic mass is 10.1. The first-order valence-corrected chi connectivity index (χ1v) is 6.16. The van der Waals surface area contributed by atoms with Gasteiger partial charge in [0.15, 0.2) is 0 Å². The molecule has 0 spiro atoms. The quantitative estimate of drug-likeness (QED) is 0.782. The fraction of sp³-hybridized carbons (Fsp3) is 0.429. The van der Waals surface area contributed by atoms with E-state index >= 15 is 0 Å². The van der Waals surface area contributed by atoms with Gasteiger partial charge in [-0.05, 0) is 18.1 Å². The maximum atomic E-state index is 11.6. The van der Waals surface area contributed by atoms with Gasteiger partial charge in [0.1, 0.15) is 5.75 Å². The number of nitrogens with one attached hydrogen (secondary N) is 1. The van der Waals surface area contributed by atoms with Gasteiger partial charge >= 0.3 is 5.97 Å². The van der Waals surface area contributed by atoms with Gasteiger partial charge in [-0.3, -0.25) is 9.59 Å². The Hall–Kier alpha value is -2.04. The number of carbonyl (C=O) groups excluding carboxylic acids is 1. The Labute approximate surface area is 112 Å². The van der Waals surface area contributed by atoms with Crippen LogP contribution in [0.25, 0.3) is 0 Å². The second kappa shape index (κ2) is 7.41. The van der Waals surface area contributed by atoms with Crippen molar-refractivity contribution in [2.45, 2.75) is 19.8 Å². The van der Waals surface area contributed by atoms with Gasteiger partial charge in [-0.15, -0.1) is 0 Å². The average molecular weight is 265 g/mol. The molecule has 1 amide bonds. The van der Waals surface area contributed by atoms with Crippen LogP contribution in [0.4, 0.5) is 0 Å². The van der Waals surface area contributed by atoms with Gasteiger partial charge in [-0.1, -0.05) is 25.1 Å². The number of benzene rings is 1. The minimum Gasteiger partial charge on any atom is -0.496 e. The third kappa shape index (κ3) is 4.99. The van der Waals surface area contributed by atoms with Crippen molar-refractivity contribution in [2.75, 3.05) is 13.7 Å². The molecule has 0 radical (unpaired) electrons. The molecule has 0 fully saturated rings. The predicted octanol–water partition coefficient (Wildman–Crippen LogP) is 1.46. The molecule has 19 heavy (non-hydrogen) atoms. The molecule has 0 aromatic heterocycles. The summed E-state index contributed by atoms with van der Waals surface area (Å²) < 4.78 is 5.21. The molecule has 0 aliphatic heterocycles. The fourth-order valence-corrected chi connectivity index (χ4v) is 1.76. The second-order valence-electron chi connectivity index (χ2n) is 4.35. The lowest BCUT2D eigenvalue weighted by Crippen LogP contribution is -2.32. The molecule has 0 aliphatic rings. The molecule has 2 N–H and O–H groups in total. The largest absolute Gasteiger partial charge is 0.496 e. The van der Waals surface area contributed by atoms with Crippen LogP contribution in [0.5, 0.6) is 5.75 Å². The Bertz CT molecular complexity index is 445. The number of rotatable bonds is 7. The van der Waals surface area contributed by atoms with E-state index < -0.39 is 11.9 Å². The first-order valence-electron chi connectivity index (χ1n) is 6.16. The number of para-hydroxylation sites is 1. The molecule has 0 bridgehead atoms. The van der Waals surface area contributed by atoms with E-state index in [1.807, 2.05) is 24.3 Å². The van der Waals surface area contributed by atoms with Crippen LogP contribution in [0.2, 0.25) is 0 Å². The fourth-order valence-electron chi connectivity index (χ4n) is 1.76. The zero-order valence-electron chi connectivity index (χ0n) is 11.2. The van der Waals surface area contributed by atoms with Crippen LogP contribution in [0.3, 0.4) is 0 Å². The van der Waals surface area contributed by atoms with Crippen molar-refractivity contribution in [2.24, 2.45) is 5.92 Å². The summed E-state index contributed by atoms with van der Waals surface area (Å²) in [5.41, 5.74) is 1.01. The number of amides is 1. The molecule has 1 aromatic rings. The highest BCUT2D eigenvalue weighted by atomic mass is 16.5. The topological polar surface area (TPSA) is 75.6 Å². The Morgan fingerprint density at radius 2 is 2.05 bits per heavy atom. The molecule has 0 saturated heterocycles. The van der Waals surface area contributed by atoms with Gasteiger partial charge in [0.25, 0.3) is 0 Å². The van der Waals surface area contributed by atoms with Crippen LogP contribution in [-0.2, 0) is 16.0 Å². The van der Waals surface area contributed by atoms with E-state index in [0.717, 1.165) is 11.3 Å². The molecule has 1 unspecified atom stereocenters. The Balaban J connectivity index is 2.41. The number of carboxylic acid groups (broad SMARTS) is 1. The van der Waals surface area contributed by atoms with Crippen LogP contribution in [-0.4, -0.2) is 30.6 Å². The molecule has 104 valence electrons. The number of ether oxygens (including phenoxy) is 1. The monoisotopic (exact) mass is 265 g/mol. The molecule has 0 heterocycles. The van der Waals surface area contributed by atoms with Crippen molar-refractivity contribution < 1.29 is 19.4 Å². The molecule has 1 aromatic carbocycles. The molecule has 1 rings (SSSR count). The maximum Gasteiger partial charge on any atom is 0.304 e. The summed E-state index contributed by atoms with van der Waals surface area (Å²) in [4.78, 5) is 22.1. The van der Waals surface area contributed by atoms with Gasteiger partial charge in [-0.25, -0.2) is 0 Å². The molecular weight excluding hydrogens is 246 g/mol. The van der Waals surface area contributed by atoms with Crippen molar-refractivity contribution >= 4 is 11.9 Å². The molecule has 1 atom stereocenters. The summed E-state index contributed by atoms with van der Waals surface area (Å²) >= 11 is 0. The summed E-state index contributed by atoms with van der Waals surface area (Å²) in [6.45, 7) is 2.07. The second-order valence-corrected chi connectivity index (χ2v) is 4.35. The molecule has 0 saturated carbocycles. The standard InChI is InChI=1S/C14H19NO4/c1-10(9-13(16)17)14(18)15-8-7-11-5-3-4-6-12(11)19-2/h3-6,10H,7-9H2,1-2H3,(H,15,18)(H,16,17). The van der Waals surface area contributed by atoms with Gasteiger partial charge in [0, 0.05) is 12.5 Å². The molecule has 0 aliphatic carbocycles. The maximum absolute atomic E-state index is 11.6. The normalized spacial score (nSPS) is 11.7. The molecule has 5 heteroatoms. The van der Waals surface area contributed by atoms with Gasteiger partial charge < -0.3 is 15.2 Å². The Morgan fingerprint density at radius 1 is 1.37 bits per heavy atom. The van der Waals surface area contributed by atoms with Gasteiger partial charge in [0.05, 0.1) is 13.5 Å². The highest BCUT2D eigenvalue weighted by Gasteiger charge is 2.15. The van der Waals surface area contributed by atoms with Crippen molar-refractivity contribution in [1.82, 2.24) is 5.32 Å². The Morgan fingerprint density at radius 3 is 2.68 bits per heavy atom. The predicted molar refractivity (Wildman–Crippen MR) is 71.1 cm³/mol. The first-order chi connectivity index (χ1) is 9.04. The third-order valence-corrected chi connectivity index (χ3v) is 2.81. The summed E-state index contributed by atoms with van der Waals surface area (Å²) in [7, 11) is 1.60. The van der Waals surface area contributed by atoms with E-state index in [1.54, 1.807) is 14.0 Å². The van der Waals surface area contributed by atoms with Gasteiger partial charge in [-0.2, -0.15) is 0 Å². The zero-order valence-corrected chi connectivity index (χ0v) is 11.2. The summed E-state index contributed by atoms with van der Waals surface area (Å²) in [6, 6.07) is 7.60. The van der Waals surface area contributed by atoms with Crippen LogP contribution < -0.4 is 10.1 Å². The number of methoxy groups -OCH3 is 1. The Kier molecular flexibility index (Phi) is 5.85. The van der Waals surface area contributed by atoms with Crippen LogP contribution in [0, 0.1) is 5.92 Å². The van der Waals surface area contributed by atoms with Crippen molar-refractivity contribution in [3.05, 3.63) is 29.8 Å². The van der Waals surface area contributed by atoms with E-state index in [9.17, 15) is 9.59 Å².